The van der Waals surface area contributed by atoms with Crippen LogP contribution in [0, 0.1) is 24.0 Å². The molecule has 0 atom stereocenters. The maximum absolute atomic E-state index is 12.3. The Hall–Kier alpha value is -3.98. The standard InChI is InChI=1S/C27H27N5O3S/c1-19-11-14-22(18-20(19)2)28-25(33)10-6-7-17-36-27-30-29-26(31(27)23-8-4-3-5-9-23)21-12-15-24(16-13-21)32(34)35/h3-5,8-9,11-16,18H,6-7,10,17H2,1-2H3,(H,28,33). The quantitative estimate of drug-likeness (QED) is 0.117. The fraction of sp³-hybridized carbons (Fsp3) is 0.222. The fourth-order valence-corrected chi connectivity index (χ4v) is 4.64. The van der Waals surface area contributed by atoms with E-state index in [1.807, 2.05) is 66.9 Å². The lowest BCUT2D eigenvalue weighted by atomic mass is 10.1. The number of hydrogen-bond acceptors (Lipinski definition) is 6. The highest BCUT2D eigenvalue weighted by molar-refractivity contribution is 7.99. The first-order valence-electron chi connectivity index (χ1n) is 11.7. The van der Waals surface area contributed by atoms with Gasteiger partial charge >= 0.3 is 0 Å². The number of thioether (sulfide) groups is 1. The highest BCUT2D eigenvalue weighted by Gasteiger charge is 2.17. The van der Waals surface area contributed by atoms with E-state index in [0.29, 0.717) is 12.2 Å². The van der Waals surface area contributed by atoms with Crippen LogP contribution in [0.5, 0.6) is 0 Å². The van der Waals surface area contributed by atoms with Crippen molar-refractivity contribution in [1.82, 2.24) is 14.8 Å². The first-order chi connectivity index (χ1) is 17.4. The summed E-state index contributed by atoms with van der Waals surface area (Å²) in [6.07, 6.45) is 2.06. The fourth-order valence-electron chi connectivity index (χ4n) is 3.69. The summed E-state index contributed by atoms with van der Waals surface area (Å²) in [5.74, 6) is 1.41. The van der Waals surface area contributed by atoms with Crippen LogP contribution in [0.2, 0.25) is 0 Å². The molecule has 0 unspecified atom stereocenters. The van der Waals surface area contributed by atoms with Gasteiger partial charge in [-0.15, -0.1) is 10.2 Å². The molecular weight excluding hydrogens is 474 g/mol. The van der Waals surface area contributed by atoms with E-state index >= 15 is 0 Å². The van der Waals surface area contributed by atoms with Crippen molar-refractivity contribution < 1.29 is 9.72 Å². The summed E-state index contributed by atoms with van der Waals surface area (Å²) in [6, 6.07) is 22.0. The Labute approximate surface area is 213 Å². The monoisotopic (exact) mass is 501 g/mol. The van der Waals surface area contributed by atoms with E-state index in [4.69, 9.17) is 0 Å². The zero-order chi connectivity index (χ0) is 25.5. The lowest BCUT2D eigenvalue weighted by Crippen LogP contribution is -2.11. The van der Waals surface area contributed by atoms with E-state index in [2.05, 4.69) is 15.5 Å². The summed E-state index contributed by atoms with van der Waals surface area (Å²) >= 11 is 1.57. The van der Waals surface area contributed by atoms with Crippen molar-refractivity contribution in [3.8, 4) is 17.1 Å². The predicted octanol–water partition coefficient (Wildman–Crippen LogP) is 6.36. The van der Waals surface area contributed by atoms with Crippen LogP contribution in [-0.2, 0) is 4.79 Å². The second kappa shape index (κ2) is 11.6. The number of rotatable bonds is 10. The van der Waals surface area contributed by atoms with Crippen molar-refractivity contribution in [3.05, 3.63) is 94.0 Å². The van der Waals surface area contributed by atoms with Gasteiger partial charge in [0.05, 0.1) is 4.92 Å². The molecule has 36 heavy (non-hydrogen) atoms. The zero-order valence-corrected chi connectivity index (χ0v) is 21.0. The molecule has 1 amide bonds. The summed E-state index contributed by atoms with van der Waals surface area (Å²) in [7, 11) is 0. The number of carbonyl (C=O) groups excluding carboxylic acids is 1. The molecule has 0 aliphatic heterocycles. The maximum Gasteiger partial charge on any atom is 0.269 e. The number of nitro groups is 1. The molecule has 1 heterocycles. The van der Waals surface area contributed by atoms with Crippen molar-refractivity contribution in [2.75, 3.05) is 11.1 Å². The minimum atomic E-state index is -0.422. The lowest BCUT2D eigenvalue weighted by molar-refractivity contribution is -0.384. The van der Waals surface area contributed by atoms with Gasteiger partial charge in [0.2, 0.25) is 5.91 Å². The van der Waals surface area contributed by atoms with Gasteiger partial charge in [-0.25, -0.2) is 0 Å². The zero-order valence-electron chi connectivity index (χ0n) is 20.2. The van der Waals surface area contributed by atoms with E-state index in [-0.39, 0.29) is 11.6 Å². The van der Waals surface area contributed by atoms with Crippen LogP contribution in [0.1, 0.15) is 30.4 Å². The Morgan fingerprint density at radius 1 is 0.972 bits per heavy atom. The summed E-state index contributed by atoms with van der Waals surface area (Å²) < 4.78 is 1.96. The molecule has 184 valence electrons. The van der Waals surface area contributed by atoms with Crippen molar-refractivity contribution >= 4 is 29.0 Å². The summed E-state index contributed by atoms with van der Waals surface area (Å²) in [5, 5.41) is 23.5. The SMILES string of the molecule is Cc1ccc(NC(=O)CCCCSc2nnc(-c3ccc([N+](=O)[O-])cc3)n2-c2ccccc2)cc1C. The minimum Gasteiger partial charge on any atom is -0.326 e. The number of aryl methyl sites for hydroxylation is 2. The number of non-ortho nitro benzene ring substituents is 1. The predicted molar refractivity (Wildman–Crippen MR) is 143 cm³/mol. The number of carbonyl (C=O) groups is 1. The molecule has 1 N–H and O–H groups in total. The van der Waals surface area contributed by atoms with Crippen LogP contribution in [0.25, 0.3) is 17.1 Å². The number of hydrogen-bond donors (Lipinski definition) is 1. The molecule has 1 aromatic heterocycles. The number of benzene rings is 3. The van der Waals surface area contributed by atoms with Gasteiger partial charge in [0.1, 0.15) is 0 Å². The third kappa shape index (κ3) is 6.17. The second-order valence-electron chi connectivity index (χ2n) is 8.43. The largest absolute Gasteiger partial charge is 0.326 e. The number of unbranched alkanes of at least 4 members (excludes halogenated alkanes) is 1. The van der Waals surface area contributed by atoms with Gasteiger partial charge in [-0.05, 0) is 74.2 Å². The first-order valence-corrected chi connectivity index (χ1v) is 12.7. The lowest BCUT2D eigenvalue weighted by Gasteiger charge is -2.10. The topological polar surface area (TPSA) is 103 Å². The van der Waals surface area contributed by atoms with Gasteiger partial charge in [-0.2, -0.15) is 0 Å². The smallest absolute Gasteiger partial charge is 0.269 e. The van der Waals surface area contributed by atoms with Crippen molar-refractivity contribution in [2.45, 2.75) is 38.3 Å². The van der Waals surface area contributed by atoms with E-state index in [0.717, 1.165) is 46.3 Å². The third-order valence-corrected chi connectivity index (χ3v) is 6.82. The van der Waals surface area contributed by atoms with Gasteiger partial charge in [0.15, 0.2) is 11.0 Å². The Kier molecular flexibility index (Phi) is 8.12. The normalized spacial score (nSPS) is 10.8. The molecule has 0 saturated heterocycles. The molecule has 4 aromatic rings. The number of nitro benzene ring substituents is 1. The summed E-state index contributed by atoms with van der Waals surface area (Å²) in [6.45, 7) is 4.08. The Morgan fingerprint density at radius 2 is 1.72 bits per heavy atom. The van der Waals surface area contributed by atoms with Crippen molar-refractivity contribution in [2.24, 2.45) is 0 Å². The molecule has 0 radical (unpaired) electrons. The van der Waals surface area contributed by atoms with Gasteiger partial charge in [-0.3, -0.25) is 19.5 Å². The highest BCUT2D eigenvalue weighted by Crippen LogP contribution is 2.29. The van der Waals surface area contributed by atoms with Crippen LogP contribution in [0.3, 0.4) is 0 Å². The van der Waals surface area contributed by atoms with Crippen molar-refractivity contribution in [3.63, 3.8) is 0 Å². The molecule has 4 rings (SSSR count). The Balaban J connectivity index is 1.38. The average molecular weight is 502 g/mol. The highest BCUT2D eigenvalue weighted by atomic mass is 32.2. The van der Waals surface area contributed by atoms with Crippen LogP contribution in [0.15, 0.2) is 78.0 Å². The van der Waals surface area contributed by atoms with Crippen LogP contribution < -0.4 is 5.32 Å². The maximum atomic E-state index is 12.3. The molecule has 0 fully saturated rings. The van der Waals surface area contributed by atoms with Gasteiger partial charge < -0.3 is 5.32 Å². The number of amides is 1. The van der Waals surface area contributed by atoms with E-state index in [1.165, 1.54) is 17.7 Å². The van der Waals surface area contributed by atoms with Gasteiger partial charge in [-0.1, -0.05) is 36.0 Å². The molecule has 0 bridgehead atoms. The minimum absolute atomic E-state index is 0.0103. The van der Waals surface area contributed by atoms with E-state index in [9.17, 15) is 14.9 Å². The van der Waals surface area contributed by atoms with E-state index < -0.39 is 4.92 Å². The summed E-state index contributed by atoms with van der Waals surface area (Å²) in [5.41, 5.74) is 4.86. The number of nitrogens with zero attached hydrogens (tertiary/aromatic N) is 4. The third-order valence-electron chi connectivity index (χ3n) is 5.80. The number of anilines is 1. The molecule has 9 heteroatoms. The van der Waals surface area contributed by atoms with Gasteiger partial charge in [0, 0.05) is 41.2 Å². The number of aromatic nitrogens is 3. The average Bonchev–Trinajstić information content (AvgIpc) is 3.30. The molecule has 0 aliphatic rings. The van der Waals surface area contributed by atoms with Crippen LogP contribution >= 0.6 is 11.8 Å². The molecule has 0 aliphatic carbocycles. The Morgan fingerprint density at radius 3 is 2.42 bits per heavy atom. The van der Waals surface area contributed by atoms with Gasteiger partial charge in [0.25, 0.3) is 5.69 Å². The van der Waals surface area contributed by atoms with Crippen LogP contribution in [-0.4, -0.2) is 31.3 Å². The molecule has 0 saturated carbocycles. The Bertz CT molecular complexity index is 1350. The summed E-state index contributed by atoms with van der Waals surface area (Å²) in [4.78, 5) is 22.9. The number of nitrogens with one attached hydrogen (secondary N) is 1. The van der Waals surface area contributed by atoms with Crippen LogP contribution in [0.4, 0.5) is 11.4 Å². The molecule has 0 spiro atoms. The molecule has 3 aromatic carbocycles. The molecular formula is C27H27N5O3S. The molecule has 8 nitrogen and oxygen atoms in total. The van der Waals surface area contributed by atoms with Crippen molar-refractivity contribution in [1.29, 1.82) is 0 Å². The first kappa shape index (κ1) is 25.1. The number of para-hydroxylation sites is 1. The van der Waals surface area contributed by atoms with E-state index in [1.54, 1.807) is 23.9 Å². The second-order valence-corrected chi connectivity index (χ2v) is 9.50.